The Morgan fingerprint density at radius 3 is 2.56 bits per heavy atom. The molecule has 1 saturated carbocycles. The first-order chi connectivity index (χ1) is 8.54. The molecular weight excluding hydrogens is 234 g/mol. The summed E-state index contributed by atoms with van der Waals surface area (Å²) in [6.45, 7) is 2.63. The molecule has 1 unspecified atom stereocenters. The summed E-state index contributed by atoms with van der Waals surface area (Å²) in [5, 5.41) is 18.4. The number of carbonyl (C=O) groups is 2. The van der Waals surface area contributed by atoms with Gasteiger partial charge in [-0.15, -0.1) is 0 Å². The van der Waals surface area contributed by atoms with Gasteiger partial charge in [-0.3, -0.25) is 9.59 Å². The fraction of sp³-hybridized carbons (Fsp3) is 0.846. The van der Waals surface area contributed by atoms with Gasteiger partial charge in [-0.25, -0.2) is 0 Å². The van der Waals surface area contributed by atoms with Crippen LogP contribution in [0.1, 0.15) is 32.6 Å². The van der Waals surface area contributed by atoms with Gasteiger partial charge in [-0.1, -0.05) is 6.92 Å². The topological polar surface area (TPSA) is 77.8 Å². The van der Waals surface area contributed by atoms with Gasteiger partial charge in [0.1, 0.15) is 0 Å². The lowest BCUT2D eigenvalue weighted by Crippen LogP contribution is -2.43. The summed E-state index contributed by atoms with van der Waals surface area (Å²) in [7, 11) is 0. The van der Waals surface area contributed by atoms with E-state index < -0.39 is 17.8 Å². The molecule has 0 aromatic rings. The number of aliphatic carboxylic acids is 1. The van der Waals surface area contributed by atoms with Crippen molar-refractivity contribution >= 4 is 11.9 Å². The van der Waals surface area contributed by atoms with Crippen molar-refractivity contribution in [1.82, 2.24) is 4.90 Å². The van der Waals surface area contributed by atoms with Crippen molar-refractivity contribution in [2.45, 2.75) is 38.6 Å². The van der Waals surface area contributed by atoms with Crippen molar-refractivity contribution in [2.24, 2.45) is 17.8 Å². The third-order valence-corrected chi connectivity index (χ3v) is 4.30. The number of aliphatic hydroxyl groups excluding tert-OH is 1. The van der Waals surface area contributed by atoms with Crippen LogP contribution in [0.4, 0.5) is 0 Å². The lowest BCUT2D eigenvalue weighted by Gasteiger charge is -2.27. The first-order valence-corrected chi connectivity index (χ1v) is 6.68. The predicted molar refractivity (Wildman–Crippen MR) is 64.8 cm³/mol. The number of amides is 1. The van der Waals surface area contributed by atoms with Crippen LogP contribution in [0.15, 0.2) is 0 Å². The molecule has 1 aliphatic heterocycles. The number of carboxylic acids is 1. The number of hydrogen-bond donors (Lipinski definition) is 2. The molecule has 18 heavy (non-hydrogen) atoms. The molecule has 0 aromatic heterocycles. The summed E-state index contributed by atoms with van der Waals surface area (Å²) in [6.07, 6.45) is 2.97. The maximum absolute atomic E-state index is 12.4. The van der Waals surface area contributed by atoms with E-state index in [4.69, 9.17) is 0 Å². The van der Waals surface area contributed by atoms with Gasteiger partial charge in [-0.2, -0.15) is 0 Å². The van der Waals surface area contributed by atoms with Crippen molar-refractivity contribution in [1.29, 1.82) is 0 Å². The van der Waals surface area contributed by atoms with E-state index in [0.29, 0.717) is 19.4 Å². The van der Waals surface area contributed by atoms with E-state index in [9.17, 15) is 19.8 Å². The Hall–Kier alpha value is -1.10. The predicted octanol–water partition coefficient (Wildman–Crippen LogP) is 0.717. The van der Waals surface area contributed by atoms with Crippen LogP contribution in [0.5, 0.6) is 0 Å². The Balaban J connectivity index is 2.10. The number of rotatable bonds is 3. The summed E-state index contributed by atoms with van der Waals surface area (Å²) in [5.74, 6) is -1.59. The quantitative estimate of drug-likeness (QED) is 0.779. The minimum atomic E-state index is -0.863. The summed E-state index contributed by atoms with van der Waals surface area (Å²) < 4.78 is 0. The molecule has 4 atom stereocenters. The van der Waals surface area contributed by atoms with E-state index >= 15 is 0 Å². The van der Waals surface area contributed by atoms with Gasteiger partial charge < -0.3 is 15.1 Å². The second-order valence-electron chi connectivity index (χ2n) is 5.64. The monoisotopic (exact) mass is 255 g/mol. The molecule has 0 spiro atoms. The van der Waals surface area contributed by atoms with Gasteiger partial charge in [-0.05, 0) is 31.6 Å². The second-order valence-corrected chi connectivity index (χ2v) is 5.64. The average molecular weight is 255 g/mol. The van der Waals surface area contributed by atoms with Crippen LogP contribution >= 0.6 is 0 Å². The minimum absolute atomic E-state index is 0.0221. The lowest BCUT2D eigenvalue weighted by atomic mass is 9.94. The Morgan fingerprint density at radius 1 is 1.28 bits per heavy atom. The molecule has 1 saturated heterocycles. The van der Waals surface area contributed by atoms with Crippen LogP contribution in [0.2, 0.25) is 0 Å². The fourth-order valence-corrected chi connectivity index (χ4v) is 3.37. The van der Waals surface area contributed by atoms with Crippen molar-refractivity contribution in [3.63, 3.8) is 0 Å². The molecular formula is C13H21NO4. The van der Waals surface area contributed by atoms with E-state index in [1.54, 1.807) is 4.90 Å². The van der Waals surface area contributed by atoms with Crippen LogP contribution in [0.25, 0.3) is 0 Å². The lowest BCUT2D eigenvalue weighted by molar-refractivity contribution is -0.149. The highest BCUT2D eigenvalue weighted by Crippen LogP contribution is 2.38. The van der Waals surface area contributed by atoms with Gasteiger partial charge in [0.15, 0.2) is 0 Å². The van der Waals surface area contributed by atoms with Crippen LogP contribution < -0.4 is 0 Å². The molecule has 1 aliphatic carbocycles. The standard InChI is InChI=1S/C13H21NO4/c1-8-5-10(11(6-8)13(17)18)12(16)14-4-2-3-9(14)7-15/h8-11,15H,2-7H2,1H3,(H,17,18)/t8?,9-,10+,11-/m1/s1. The molecule has 2 aliphatic rings. The highest BCUT2D eigenvalue weighted by molar-refractivity contribution is 5.85. The van der Waals surface area contributed by atoms with Gasteiger partial charge in [0.05, 0.1) is 24.5 Å². The van der Waals surface area contributed by atoms with Gasteiger partial charge >= 0.3 is 5.97 Å². The van der Waals surface area contributed by atoms with Crippen molar-refractivity contribution in [3.8, 4) is 0 Å². The number of carbonyl (C=O) groups excluding carboxylic acids is 1. The Kier molecular flexibility index (Phi) is 3.90. The van der Waals surface area contributed by atoms with Crippen LogP contribution in [0, 0.1) is 17.8 Å². The largest absolute Gasteiger partial charge is 0.481 e. The van der Waals surface area contributed by atoms with E-state index in [0.717, 1.165) is 12.8 Å². The van der Waals surface area contributed by atoms with Gasteiger partial charge in [0.25, 0.3) is 0 Å². The Morgan fingerprint density at radius 2 is 1.94 bits per heavy atom. The molecule has 2 fully saturated rings. The fourth-order valence-electron chi connectivity index (χ4n) is 3.37. The molecule has 102 valence electrons. The van der Waals surface area contributed by atoms with Gasteiger partial charge in [0, 0.05) is 6.54 Å². The van der Waals surface area contributed by atoms with Gasteiger partial charge in [0.2, 0.25) is 5.91 Å². The Bertz CT molecular complexity index is 344. The zero-order valence-electron chi connectivity index (χ0n) is 10.7. The molecule has 2 rings (SSSR count). The molecule has 5 heteroatoms. The van der Waals surface area contributed by atoms with Crippen LogP contribution in [-0.2, 0) is 9.59 Å². The molecule has 5 nitrogen and oxygen atoms in total. The maximum Gasteiger partial charge on any atom is 0.307 e. The van der Waals surface area contributed by atoms with Crippen molar-refractivity contribution < 1.29 is 19.8 Å². The molecule has 0 bridgehead atoms. The third-order valence-electron chi connectivity index (χ3n) is 4.30. The zero-order valence-corrected chi connectivity index (χ0v) is 10.7. The summed E-state index contributed by atoms with van der Waals surface area (Å²) >= 11 is 0. The van der Waals surface area contributed by atoms with Crippen molar-refractivity contribution in [2.75, 3.05) is 13.2 Å². The minimum Gasteiger partial charge on any atom is -0.481 e. The zero-order chi connectivity index (χ0) is 13.3. The van der Waals surface area contributed by atoms with Crippen molar-refractivity contribution in [3.05, 3.63) is 0 Å². The highest BCUT2D eigenvalue weighted by atomic mass is 16.4. The summed E-state index contributed by atoms with van der Waals surface area (Å²) in [6, 6.07) is -0.108. The second kappa shape index (κ2) is 5.26. The number of hydrogen-bond acceptors (Lipinski definition) is 3. The Labute approximate surface area is 107 Å². The molecule has 2 N–H and O–H groups in total. The number of nitrogens with zero attached hydrogens (tertiary/aromatic N) is 1. The third kappa shape index (κ3) is 2.36. The SMILES string of the molecule is CC1C[C@H](C(=O)N2CCC[C@@H]2CO)[C@H](C(=O)O)C1. The smallest absolute Gasteiger partial charge is 0.307 e. The summed E-state index contributed by atoms with van der Waals surface area (Å²) in [4.78, 5) is 25.3. The number of aliphatic hydroxyl groups is 1. The first kappa shape index (κ1) is 13.3. The number of carboxylic acid groups (broad SMARTS) is 1. The maximum atomic E-state index is 12.4. The van der Waals surface area contributed by atoms with E-state index in [-0.39, 0.29) is 24.5 Å². The molecule has 1 amide bonds. The molecule has 1 heterocycles. The van der Waals surface area contributed by atoms with Crippen LogP contribution in [0.3, 0.4) is 0 Å². The van der Waals surface area contributed by atoms with E-state index in [1.807, 2.05) is 6.92 Å². The molecule has 0 radical (unpaired) electrons. The molecule has 0 aromatic carbocycles. The summed E-state index contributed by atoms with van der Waals surface area (Å²) in [5.41, 5.74) is 0. The average Bonchev–Trinajstić information content (AvgIpc) is 2.93. The van der Waals surface area contributed by atoms with Crippen LogP contribution in [-0.4, -0.2) is 46.2 Å². The van der Waals surface area contributed by atoms with E-state index in [1.165, 1.54) is 0 Å². The normalized spacial score (nSPS) is 36.0. The number of likely N-dealkylation sites (tertiary alicyclic amines) is 1. The highest BCUT2D eigenvalue weighted by Gasteiger charge is 2.44. The van der Waals surface area contributed by atoms with E-state index in [2.05, 4.69) is 0 Å². The first-order valence-electron chi connectivity index (χ1n) is 6.68.